The number of halogens is 1. The van der Waals surface area contributed by atoms with Gasteiger partial charge in [-0.15, -0.1) is 0 Å². The Bertz CT molecular complexity index is 750. The van der Waals surface area contributed by atoms with E-state index in [1.165, 1.54) is 0 Å². The van der Waals surface area contributed by atoms with Crippen LogP contribution in [0.15, 0.2) is 59.1 Å². The number of ketones is 1. The summed E-state index contributed by atoms with van der Waals surface area (Å²) < 4.78 is 0.941. The van der Waals surface area contributed by atoms with Crippen molar-refractivity contribution in [2.24, 2.45) is 0 Å². The second kappa shape index (κ2) is 7.50. The average Bonchev–Trinajstić information content (AvgIpc) is 2.63. The quantitative estimate of drug-likeness (QED) is 0.774. The molecule has 0 unspecified atom stereocenters. The maximum atomic E-state index is 12.4. The molecule has 0 aromatic heterocycles. The summed E-state index contributed by atoms with van der Waals surface area (Å²) in [5.74, 6) is -0.715. The number of carboxylic acids is 1. The van der Waals surface area contributed by atoms with Crippen molar-refractivity contribution < 1.29 is 14.7 Å². The first kappa shape index (κ1) is 17.8. The molecule has 1 aliphatic rings. The lowest BCUT2D eigenvalue weighted by molar-refractivity contribution is -0.145. The number of aliphatic carboxylic acids is 1. The zero-order chi connectivity index (χ0) is 17.9. The maximum Gasteiger partial charge on any atom is 0.314 e. The number of hydrogen-bond acceptors (Lipinski definition) is 3. The lowest BCUT2D eigenvalue weighted by atomic mass is 9.73. The fourth-order valence-electron chi connectivity index (χ4n) is 3.41. The van der Waals surface area contributed by atoms with Crippen molar-refractivity contribution in [3.63, 3.8) is 0 Å². The van der Waals surface area contributed by atoms with Crippen molar-refractivity contribution in [3.8, 4) is 0 Å². The zero-order valence-corrected chi connectivity index (χ0v) is 15.4. The van der Waals surface area contributed by atoms with Crippen LogP contribution in [-0.4, -0.2) is 41.4 Å². The highest BCUT2D eigenvalue weighted by molar-refractivity contribution is 9.10. The topological polar surface area (TPSA) is 57.6 Å². The van der Waals surface area contributed by atoms with E-state index < -0.39 is 11.4 Å². The number of nitrogens with zero attached hydrogens (tertiary/aromatic N) is 1. The number of carbonyl (C=O) groups excluding carboxylic acids is 1. The van der Waals surface area contributed by atoms with Crippen molar-refractivity contribution in [1.82, 2.24) is 4.90 Å². The molecule has 0 radical (unpaired) electrons. The number of benzene rings is 2. The van der Waals surface area contributed by atoms with Crippen LogP contribution in [0.4, 0.5) is 0 Å². The summed E-state index contributed by atoms with van der Waals surface area (Å²) >= 11 is 3.36. The van der Waals surface area contributed by atoms with Crippen molar-refractivity contribution >= 4 is 27.7 Å². The highest BCUT2D eigenvalue weighted by Gasteiger charge is 2.43. The standard InChI is InChI=1S/C20H20BrNO3/c21-17-8-6-15(7-9-17)18(23)14-22-12-10-20(11-13-22,19(24)25)16-4-2-1-3-5-16/h1-9H,10-14H2,(H,24,25). The molecular formula is C20H20BrNO3. The van der Waals surface area contributed by atoms with E-state index in [2.05, 4.69) is 20.8 Å². The van der Waals surface area contributed by atoms with Gasteiger partial charge in [-0.3, -0.25) is 14.5 Å². The Balaban J connectivity index is 1.67. The molecule has 1 fully saturated rings. The summed E-state index contributed by atoms with van der Waals surface area (Å²) in [6, 6.07) is 16.7. The number of Topliss-reactive ketones (excluding diaryl/α,β-unsaturated/α-hetero) is 1. The predicted molar refractivity (Wildman–Crippen MR) is 99.9 cm³/mol. The van der Waals surface area contributed by atoms with Crippen LogP contribution in [0.2, 0.25) is 0 Å². The van der Waals surface area contributed by atoms with Gasteiger partial charge in [0.2, 0.25) is 0 Å². The van der Waals surface area contributed by atoms with Gasteiger partial charge in [-0.1, -0.05) is 58.4 Å². The van der Waals surface area contributed by atoms with Crippen LogP contribution in [0.1, 0.15) is 28.8 Å². The third kappa shape index (κ3) is 3.83. The minimum absolute atomic E-state index is 0.0648. The number of hydrogen-bond donors (Lipinski definition) is 1. The fraction of sp³-hybridized carbons (Fsp3) is 0.300. The van der Waals surface area contributed by atoms with Gasteiger partial charge in [-0.25, -0.2) is 0 Å². The van der Waals surface area contributed by atoms with E-state index in [1.807, 2.05) is 54.6 Å². The summed E-state index contributed by atoms with van der Waals surface area (Å²) in [5, 5.41) is 9.82. The van der Waals surface area contributed by atoms with Gasteiger partial charge in [-0.2, -0.15) is 0 Å². The van der Waals surface area contributed by atoms with Crippen LogP contribution >= 0.6 is 15.9 Å². The Morgan fingerprint density at radius 2 is 1.60 bits per heavy atom. The molecule has 3 rings (SSSR count). The van der Waals surface area contributed by atoms with Gasteiger partial charge in [0.25, 0.3) is 0 Å². The molecule has 5 heteroatoms. The molecule has 0 aliphatic carbocycles. The van der Waals surface area contributed by atoms with Gasteiger partial charge in [0, 0.05) is 23.1 Å². The Kier molecular flexibility index (Phi) is 5.35. The monoisotopic (exact) mass is 401 g/mol. The molecule has 4 nitrogen and oxygen atoms in total. The minimum Gasteiger partial charge on any atom is -0.481 e. The molecule has 25 heavy (non-hydrogen) atoms. The van der Waals surface area contributed by atoms with Crippen LogP contribution in [0, 0.1) is 0 Å². The molecule has 0 spiro atoms. The second-order valence-corrected chi connectivity index (χ2v) is 7.38. The third-order valence-electron chi connectivity index (χ3n) is 4.98. The molecule has 1 N–H and O–H groups in total. The van der Waals surface area contributed by atoms with Gasteiger partial charge >= 0.3 is 5.97 Å². The number of rotatable bonds is 5. The SMILES string of the molecule is O=C(CN1CCC(C(=O)O)(c2ccccc2)CC1)c1ccc(Br)cc1. The van der Waals surface area contributed by atoms with Crippen LogP contribution in [0.25, 0.3) is 0 Å². The fourth-order valence-corrected chi connectivity index (χ4v) is 3.67. The van der Waals surface area contributed by atoms with E-state index in [4.69, 9.17) is 0 Å². The first-order valence-corrected chi connectivity index (χ1v) is 9.11. The summed E-state index contributed by atoms with van der Waals surface area (Å²) in [6.07, 6.45) is 1.03. The van der Waals surface area contributed by atoms with Crippen molar-refractivity contribution in [3.05, 3.63) is 70.2 Å². The van der Waals surface area contributed by atoms with Gasteiger partial charge in [0.1, 0.15) is 0 Å². The van der Waals surface area contributed by atoms with Crippen LogP contribution in [0.3, 0.4) is 0 Å². The second-order valence-electron chi connectivity index (χ2n) is 6.46. The van der Waals surface area contributed by atoms with Crippen molar-refractivity contribution in [2.75, 3.05) is 19.6 Å². The molecule has 0 saturated carbocycles. The average molecular weight is 402 g/mol. The Labute approximate surface area is 155 Å². The highest BCUT2D eigenvalue weighted by atomic mass is 79.9. The molecule has 2 aromatic carbocycles. The Morgan fingerprint density at radius 3 is 2.16 bits per heavy atom. The molecule has 1 aliphatic heterocycles. The predicted octanol–water partition coefficient (Wildman–Crippen LogP) is 3.75. The lowest BCUT2D eigenvalue weighted by Gasteiger charge is -2.39. The summed E-state index contributed by atoms with van der Waals surface area (Å²) in [6.45, 7) is 1.53. The molecule has 130 valence electrons. The molecule has 2 aromatic rings. The molecule has 0 amide bonds. The number of carboxylic acid groups (broad SMARTS) is 1. The van der Waals surface area contributed by atoms with E-state index in [-0.39, 0.29) is 5.78 Å². The zero-order valence-electron chi connectivity index (χ0n) is 13.8. The summed E-state index contributed by atoms with van der Waals surface area (Å²) in [4.78, 5) is 26.4. The highest BCUT2D eigenvalue weighted by Crippen LogP contribution is 2.35. The van der Waals surface area contributed by atoms with Crippen LogP contribution < -0.4 is 0 Å². The summed E-state index contributed by atoms with van der Waals surface area (Å²) in [5.41, 5.74) is 0.682. The van der Waals surface area contributed by atoms with Crippen molar-refractivity contribution in [1.29, 1.82) is 0 Å². The number of likely N-dealkylation sites (tertiary alicyclic amines) is 1. The van der Waals surface area contributed by atoms with E-state index in [9.17, 15) is 14.7 Å². The Morgan fingerprint density at radius 1 is 1.00 bits per heavy atom. The van der Waals surface area contributed by atoms with Gasteiger partial charge in [-0.05, 0) is 30.5 Å². The number of carbonyl (C=O) groups is 2. The number of piperidine rings is 1. The Hall–Kier alpha value is -1.98. The van der Waals surface area contributed by atoms with Crippen LogP contribution in [-0.2, 0) is 10.2 Å². The van der Waals surface area contributed by atoms with Crippen LogP contribution in [0.5, 0.6) is 0 Å². The van der Waals surface area contributed by atoms with E-state index in [0.717, 1.165) is 10.0 Å². The summed E-state index contributed by atoms with van der Waals surface area (Å²) in [7, 11) is 0. The largest absolute Gasteiger partial charge is 0.481 e. The molecule has 0 bridgehead atoms. The van der Waals surface area contributed by atoms with E-state index in [1.54, 1.807) is 0 Å². The first-order valence-electron chi connectivity index (χ1n) is 8.31. The molecule has 0 atom stereocenters. The third-order valence-corrected chi connectivity index (χ3v) is 5.51. The van der Waals surface area contributed by atoms with E-state index >= 15 is 0 Å². The van der Waals surface area contributed by atoms with Crippen molar-refractivity contribution in [2.45, 2.75) is 18.3 Å². The van der Waals surface area contributed by atoms with E-state index in [0.29, 0.717) is 38.0 Å². The lowest BCUT2D eigenvalue weighted by Crippen LogP contribution is -2.48. The molecule has 1 heterocycles. The molecule has 1 saturated heterocycles. The minimum atomic E-state index is -0.849. The molecular weight excluding hydrogens is 382 g/mol. The normalized spacial score (nSPS) is 17.2. The van der Waals surface area contributed by atoms with Gasteiger partial charge in [0.15, 0.2) is 5.78 Å². The first-order chi connectivity index (χ1) is 12.0. The van der Waals surface area contributed by atoms with Gasteiger partial charge in [0.05, 0.1) is 12.0 Å². The maximum absolute atomic E-state index is 12.4. The van der Waals surface area contributed by atoms with Gasteiger partial charge < -0.3 is 5.11 Å². The smallest absolute Gasteiger partial charge is 0.314 e.